The van der Waals surface area contributed by atoms with E-state index in [-0.39, 0.29) is 30.7 Å². The second-order valence-electron chi connectivity index (χ2n) is 8.23. The number of carbonyl (C=O) groups is 1. The van der Waals surface area contributed by atoms with Crippen molar-refractivity contribution < 1.29 is 4.79 Å². The Morgan fingerprint density at radius 3 is 2.38 bits per heavy atom. The van der Waals surface area contributed by atoms with E-state index in [9.17, 15) is 4.79 Å². The maximum absolute atomic E-state index is 12.8. The number of carbonyl (C=O) groups excluding carboxylic acids is 1. The van der Waals surface area contributed by atoms with Crippen molar-refractivity contribution in [2.45, 2.75) is 51.5 Å². The molecule has 2 aliphatic rings. The van der Waals surface area contributed by atoms with Gasteiger partial charge in [0.1, 0.15) is 10.7 Å². The Morgan fingerprint density at radius 2 is 1.79 bits per heavy atom. The highest BCUT2D eigenvalue weighted by Crippen LogP contribution is 2.29. The number of nitrogens with one attached hydrogen (secondary N) is 1. The van der Waals surface area contributed by atoms with Gasteiger partial charge in [0.15, 0.2) is 0 Å². The minimum atomic E-state index is 0. The number of hydrogen-bond donors (Lipinski definition) is 1. The van der Waals surface area contributed by atoms with E-state index < -0.39 is 0 Å². The predicted octanol–water partition coefficient (Wildman–Crippen LogP) is 5.38. The molecule has 4 rings (SSSR count). The van der Waals surface area contributed by atoms with Crippen LogP contribution in [0.25, 0.3) is 10.6 Å². The molecule has 160 valence electrons. The molecule has 4 nitrogen and oxygen atoms in total. The van der Waals surface area contributed by atoms with Crippen LogP contribution >= 0.6 is 36.2 Å². The van der Waals surface area contributed by atoms with Crippen LogP contribution in [0.5, 0.6) is 0 Å². The first kappa shape index (κ1) is 24.1. The van der Waals surface area contributed by atoms with Crippen molar-refractivity contribution in [2.75, 3.05) is 19.6 Å². The van der Waals surface area contributed by atoms with E-state index in [0.29, 0.717) is 17.7 Å². The topological polar surface area (TPSA) is 45.2 Å². The average Bonchev–Trinajstić information content (AvgIpc) is 3.40. The molecule has 0 unspecified atom stereocenters. The highest BCUT2D eigenvalue weighted by Gasteiger charge is 2.27. The van der Waals surface area contributed by atoms with Crippen molar-refractivity contribution in [3.63, 3.8) is 0 Å². The van der Waals surface area contributed by atoms with Gasteiger partial charge in [-0.25, -0.2) is 4.98 Å². The fraction of sp³-hybridized carbons (Fsp3) is 0.545. The molecule has 0 atom stereocenters. The molecule has 1 aliphatic heterocycles. The Kier molecular flexibility index (Phi) is 8.95. The highest BCUT2D eigenvalue weighted by molar-refractivity contribution is 7.13. The minimum Gasteiger partial charge on any atom is -0.337 e. The molecule has 1 aliphatic carbocycles. The molecule has 1 amide bonds. The molecule has 2 aromatic rings. The van der Waals surface area contributed by atoms with E-state index in [2.05, 4.69) is 48.4 Å². The lowest BCUT2D eigenvalue weighted by molar-refractivity contribution is 0.0700. The number of likely N-dealkylation sites (tertiary alicyclic amines) is 1. The maximum Gasteiger partial charge on any atom is 0.273 e. The van der Waals surface area contributed by atoms with Crippen LogP contribution < -0.4 is 5.32 Å². The molecule has 29 heavy (non-hydrogen) atoms. The molecule has 0 bridgehead atoms. The number of halogens is 2. The van der Waals surface area contributed by atoms with Gasteiger partial charge in [-0.05, 0) is 49.6 Å². The van der Waals surface area contributed by atoms with E-state index >= 15 is 0 Å². The molecule has 7 heteroatoms. The van der Waals surface area contributed by atoms with Crippen LogP contribution in [0.2, 0.25) is 0 Å². The number of amides is 1. The van der Waals surface area contributed by atoms with Gasteiger partial charge in [0.2, 0.25) is 0 Å². The summed E-state index contributed by atoms with van der Waals surface area (Å²) in [6, 6.07) is 9.10. The second-order valence-corrected chi connectivity index (χ2v) is 9.09. The van der Waals surface area contributed by atoms with E-state index in [1.807, 2.05) is 10.3 Å². The van der Waals surface area contributed by atoms with Gasteiger partial charge in [0, 0.05) is 30.1 Å². The molecule has 2 heterocycles. The van der Waals surface area contributed by atoms with Crippen LogP contribution in [0.15, 0.2) is 29.6 Å². The third-order valence-corrected chi connectivity index (χ3v) is 6.61. The van der Waals surface area contributed by atoms with Crippen molar-refractivity contribution in [1.82, 2.24) is 15.2 Å². The lowest BCUT2D eigenvalue weighted by Gasteiger charge is -2.32. The standard InChI is InChI=1S/C22H29N3OS.2ClH/c1-15(2)17-5-7-18(8-6-17)21-24-20(14-27-21)22(26)25-11-9-19(10-12-25)23-13-16-3-4-16;;/h5-8,14-16,19,23H,3-4,9-13H2,1-2H3;2*1H. The van der Waals surface area contributed by atoms with Crippen LogP contribution in [0.4, 0.5) is 0 Å². The zero-order valence-corrected chi connectivity index (χ0v) is 19.5. The van der Waals surface area contributed by atoms with Crippen LogP contribution in [0.3, 0.4) is 0 Å². The van der Waals surface area contributed by atoms with Crippen LogP contribution in [0, 0.1) is 5.92 Å². The lowest BCUT2D eigenvalue weighted by Crippen LogP contribution is -2.45. The van der Waals surface area contributed by atoms with Crippen molar-refractivity contribution in [1.29, 1.82) is 0 Å². The summed E-state index contributed by atoms with van der Waals surface area (Å²) in [5.41, 5.74) is 3.00. The van der Waals surface area contributed by atoms with Gasteiger partial charge in [0.25, 0.3) is 5.91 Å². The van der Waals surface area contributed by atoms with Gasteiger partial charge in [0.05, 0.1) is 0 Å². The summed E-state index contributed by atoms with van der Waals surface area (Å²) in [7, 11) is 0. The van der Waals surface area contributed by atoms with Gasteiger partial charge < -0.3 is 10.2 Å². The lowest BCUT2D eigenvalue weighted by atomic mass is 10.0. The number of nitrogens with zero attached hydrogens (tertiary/aromatic N) is 2. The van der Waals surface area contributed by atoms with Crippen molar-refractivity contribution >= 4 is 42.1 Å². The molecular weight excluding hydrogens is 425 g/mol. The molecule has 1 N–H and O–H groups in total. The zero-order chi connectivity index (χ0) is 18.8. The maximum atomic E-state index is 12.8. The first-order valence-electron chi connectivity index (χ1n) is 10.2. The Balaban J connectivity index is 0.00000150. The van der Waals surface area contributed by atoms with Crippen LogP contribution in [0.1, 0.15) is 61.5 Å². The molecular formula is C22H31Cl2N3OS. The quantitative estimate of drug-likeness (QED) is 0.635. The fourth-order valence-corrected chi connectivity index (χ4v) is 4.42. The number of hydrogen-bond acceptors (Lipinski definition) is 4. The summed E-state index contributed by atoms with van der Waals surface area (Å²) in [6.07, 6.45) is 4.87. The van der Waals surface area contributed by atoms with Crippen molar-refractivity contribution in [3.05, 3.63) is 40.9 Å². The Hall–Kier alpha value is -1.14. The normalized spacial score (nSPS) is 17.0. The minimum absolute atomic E-state index is 0. The van der Waals surface area contributed by atoms with Gasteiger partial charge in [-0.1, -0.05) is 38.1 Å². The van der Waals surface area contributed by atoms with E-state index in [0.717, 1.165) is 49.0 Å². The van der Waals surface area contributed by atoms with Gasteiger partial charge in [-0.2, -0.15) is 0 Å². The molecule has 1 aromatic carbocycles. The summed E-state index contributed by atoms with van der Waals surface area (Å²) in [6.45, 7) is 7.21. The first-order chi connectivity index (χ1) is 13.1. The van der Waals surface area contributed by atoms with E-state index in [4.69, 9.17) is 0 Å². The van der Waals surface area contributed by atoms with Crippen LogP contribution in [-0.4, -0.2) is 41.5 Å². The molecule has 1 aromatic heterocycles. The number of aromatic nitrogens is 1. The van der Waals surface area contributed by atoms with E-state index in [1.54, 1.807) is 11.3 Å². The molecule has 0 radical (unpaired) electrons. The van der Waals surface area contributed by atoms with Crippen molar-refractivity contribution in [2.24, 2.45) is 5.92 Å². The van der Waals surface area contributed by atoms with E-state index in [1.165, 1.54) is 18.4 Å². The summed E-state index contributed by atoms with van der Waals surface area (Å²) < 4.78 is 0. The SMILES string of the molecule is CC(C)c1ccc(-c2nc(C(=O)N3CCC(NCC4CC4)CC3)cs2)cc1.Cl.Cl. The summed E-state index contributed by atoms with van der Waals surface area (Å²) in [4.78, 5) is 19.4. The Bertz CT molecular complexity index is 782. The number of rotatable bonds is 6. The molecule has 2 fully saturated rings. The smallest absolute Gasteiger partial charge is 0.273 e. The third kappa shape index (κ3) is 6.17. The molecule has 0 spiro atoms. The largest absolute Gasteiger partial charge is 0.337 e. The zero-order valence-electron chi connectivity index (χ0n) is 17.1. The number of benzene rings is 1. The van der Waals surface area contributed by atoms with Gasteiger partial charge in [-0.15, -0.1) is 36.2 Å². The second kappa shape index (κ2) is 10.8. The third-order valence-electron chi connectivity index (χ3n) is 5.72. The average molecular weight is 456 g/mol. The first-order valence-corrected chi connectivity index (χ1v) is 11.1. The Morgan fingerprint density at radius 1 is 1.14 bits per heavy atom. The Labute approximate surface area is 190 Å². The fourth-order valence-electron chi connectivity index (χ4n) is 3.62. The van der Waals surface area contributed by atoms with Gasteiger partial charge >= 0.3 is 0 Å². The summed E-state index contributed by atoms with van der Waals surface area (Å²) in [5.74, 6) is 1.51. The summed E-state index contributed by atoms with van der Waals surface area (Å²) >= 11 is 1.56. The van der Waals surface area contributed by atoms with Gasteiger partial charge in [-0.3, -0.25) is 4.79 Å². The monoisotopic (exact) mass is 455 g/mol. The number of thiazole rings is 1. The van der Waals surface area contributed by atoms with Crippen molar-refractivity contribution in [3.8, 4) is 10.6 Å². The predicted molar refractivity (Wildman–Crippen MR) is 126 cm³/mol. The highest BCUT2D eigenvalue weighted by atomic mass is 35.5. The summed E-state index contributed by atoms with van der Waals surface area (Å²) in [5, 5.41) is 6.50. The molecule has 1 saturated carbocycles. The number of piperidine rings is 1. The van der Waals surface area contributed by atoms with Crippen LogP contribution in [-0.2, 0) is 0 Å². The molecule has 1 saturated heterocycles.